The van der Waals surface area contributed by atoms with Crippen molar-refractivity contribution < 1.29 is 26.9 Å². The molecule has 0 aliphatic carbocycles. The van der Waals surface area contributed by atoms with Crippen LogP contribution in [0.2, 0.25) is 0 Å². The van der Waals surface area contributed by atoms with Crippen molar-refractivity contribution in [3.63, 3.8) is 0 Å². The minimum Gasteiger partial charge on any atom is -0.494 e. The van der Waals surface area contributed by atoms with Gasteiger partial charge in [-0.25, -0.2) is 4.39 Å². The van der Waals surface area contributed by atoms with Crippen molar-refractivity contribution in [1.82, 2.24) is 5.32 Å². The Morgan fingerprint density at radius 1 is 1.14 bits per heavy atom. The predicted octanol–water partition coefficient (Wildman–Crippen LogP) is 2.30. The summed E-state index contributed by atoms with van der Waals surface area (Å²) in [4.78, 5) is 11.0. The third-order valence-electron chi connectivity index (χ3n) is 3.75. The van der Waals surface area contributed by atoms with E-state index in [0.29, 0.717) is 19.4 Å². The van der Waals surface area contributed by atoms with Crippen LogP contribution in [0.4, 0.5) is 4.39 Å². The predicted molar refractivity (Wildman–Crippen MR) is 110 cm³/mol. The van der Waals surface area contributed by atoms with Crippen LogP contribution >= 0.6 is 0 Å². The van der Waals surface area contributed by atoms with Gasteiger partial charge in [-0.1, -0.05) is 24.3 Å². The summed E-state index contributed by atoms with van der Waals surface area (Å²) >= 11 is 0. The second-order valence-electron chi connectivity index (χ2n) is 6.46. The molecule has 0 saturated carbocycles. The van der Waals surface area contributed by atoms with Crippen LogP contribution in [0.25, 0.3) is 0 Å². The Kier molecular flexibility index (Phi) is 10.3. The van der Waals surface area contributed by atoms with E-state index in [1.807, 2.05) is 24.3 Å². The zero-order valence-corrected chi connectivity index (χ0v) is 17.3. The molecule has 9 heteroatoms. The van der Waals surface area contributed by atoms with Gasteiger partial charge in [-0.3, -0.25) is 9.35 Å². The van der Waals surface area contributed by atoms with Crippen LogP contribution in [0.15, 0.2) is 48.5 Å². The number of hydrogen-bond donors (Lipinski definition) is 3. The minimum atomic E-state index is -3.67. The normalized spacial score (nSPS) is 11.9. The number of ether oxygens (including phenoxy) is 1. The molecule has 160 valence electrons. The number of carbonyl (C=O) groups is 1. The summed E-state index contributed by atoms with van der Waals surface area (Å²) < 4.78 is 44.4. The van der Waals surface area contributed by atoms with E-state index in [1.165, 1.54) is 12.1 Å². The molecule has 0 spiro atoms. The minimum absolute atomic E-state index is 0.213. The molecule has 4 N–H and O–H groups in total. The maximum atomic E-state index is 12.8. The number of nitrogens with one attached hydrogen (secondary N) is 1. The Hall–Kier alpha value is -2.49. The number of amides is 1. The molecular weight excluding hydrogens is 399 g/mol. The highest BCUT2D eigenvalue weighted by Gasteiger charge is 2.06. The molecule has 0 heterocycles. The topological polar surface area (TPSA) is 119 Å². The van der Waals surface area contributed by atoms with E-state index in [1.54, 1.807) is 19.1 Å². The van der Waals surface area contributed by atoms with Gasteiger partial charge in [-0.2, -0.15) is 8.42 Å². The van der Waals surface area contributed by atoms with Gasteiger partial charge in [0.15, 0.2) is 0 Å². The van der Waals surface area contributed by atoms with Crippen LogP contribution in [-0.4, -0.2) is 37.8 Å². The molecule has 0 aliphatic heterocycles. The lowest BCUT2D eigenvalue weighted by molar-refractivity contribution is -0.119. The fourth-order valence-electron chi connectivity index (χ4n) is 2.19. The lowest BCUT2D eigenvalue weighted by atomic mass is 10.1. The SMILES string of the molecule is CC(NCc1ccc(OCCCc2ccc(F)cc2)cc1)C(N)=O.CS(=O)(=O)O. The number of hydrogen-bond acceptors (Lipinski definition) is 5. The second kappa shape index (κ2) is 12.2. The van der Waals surface area contributed by atoms with Crippen LogP contribution in [0, 0.1) is 5.82 Å². The highest BCUT2D eigenvalue weighted by Crippen LogP contribution is 2.13. The third kappa shape index (κ3) is 12.6. The summed E-state index contributed by atoms with van der Waals surface area (Å²) in [5.74, 6) is 0.228. The van der Waals surface area contributed by atoms with E-state index in [9.17, 15) is 17.6 Å². The van der Waals surface area contributed by atoms with E-state index in [2.05, 4.69) is 5.32 Å². The smallest absolute Gasteiger partial charge is 0.261 e. The van der Waals surface area contributed by atoms with Crippen molar-refractivity contribution in [1.29, 1.82) is 0 Å². The molecule has 2 aromatic rings. The molecule has 0 radical (unpaired) electrons. The van der Waals surface area contributed by atoms with Gasteiger partial charge in [-0.15, -0.1) is 0 Å². The first-order valence-electron chi connectivity index (χ1n) is 8.96. The number of rotatable bonds is 9. The molecule has 0 aliphatic rings. The molecule has 1 unspecified atom stereocenters. The third-order valence-corrected chi connectivity index (χ3v) is 3.75. The fraction of sp³-hybridized carbons (Fsp3) is 0.350. The van der Waals surface area contributed by atoms with Crippen molar-refractivity contribution in [3.8, 4) is 5.75 Å². The van der Waals surface area contributed by atoms with Crippen molar-refractivity contribution in [2.24, 2.45) is 5.73 Å². The summed E-state index contributed by atoms with van der Waals surface area (Å²) in [5.41, 5.74) is 7.36. The average molecular weight is 427 g/mol. The zero-order chi connectivity index (χ0) is 21.9. The average Bonchev–Trinajstić information content (AvgIpc) is 2.64. The van der Waals surface area contributed by atoms with Crippen molar-refractivity contribution in [2.45, 2.75) is 32.4 Å². The highest BCUT2D eigenvalue weighted by atomic mass is 32.2. The summed E-state index contributed by atoms with van der Waals surface area (Å²) in [6, 6.07) is 13.9. The van der Waals surface area contributed by atoms with Crippen LogP contribution in [0.1, 0.15) is 24.5 Å². The first-order valence-corrected chi connectivity index (χ1v) is 10.8. The molecule has 0 saturated heterocycles. The van der Waals surface area contributed by atoms with Gasteiger partial charge in [0.25, 0.3) is 10.1 Å². The molecule has 1 amide bonds. The van der Waals surface area contributed by atoms with Crippen LogP contribution in [-0.2, 0) is 27.9 Å². The largest absolute Gasteiger partial charge is 0.494 e. The van der Waals surface area contributed by atoms with E-state index < -0.39 is 10.1 Å². The molecule has 29 heavy (non-hydrogen) atoms. The summed E-state index contributed by atoms with van der Waals surface area (Å²) in [7, 11) is -3.67. The van der Waals surface area contributed by atoms with Crippen molar-refractivity contribution in [2.75, 3.05) is 12.9 Å². The maximum Gasteiger partial charge on any atom is 0.261 e. The van der Waals surface area contributed by atoms with Gasteiger partial charge in [0.2, 0.25) is 5.91 Å². The number of primary amides is 1. The number of halogens is 1. The molecule has 1 atom stereocenters. The number of benzene rings is 2. The Balaban J connectivity index is 0.000000749. The molecule has 0 fully saturated rings. The number of nitrogens with two attached hydrogens (primary N) is 1. The Bertz CT molecular complexity index is 847. The Morgan fingerprint density at radius 3 is 2.17 bits per heavy atom. The molecule has 2 aromatic carbocycles. The first kappa shape index (κ1) is 24.5. The second-order valence-corrected chi connectivity index (χ2v) is 7.93. The summed E-state index contributed by atoms with van der Waals surface area (Å²) in [5, 5.41) is 3.05. The van der Waals surface area contributed by atoms with Crippen molar-refractivity contribution in [3.05, 3.63) is 65.5 Å². The quantitative estimate of drug-likeness (QED) is 0.418. The monoisotopic (exact) mass is 426 g/mol. The van der Waals surface area contributed by atoms with Crippen LogP contribution < -0.4 is 15.8 Å². The molecule has 0 aromatic heterocycles. The lowest BCUT2D eigenvalue weighted by Crippen LogP contribution is -2.38. The maximum absolute atomic E-state index is 12.8. The van der Waals surface area contributed by atoms with Gasteiger partial charge >= 0.3 is 0 Å². The first-order chi connectivity index (χ1) is 13.5. The van der Waals surface area contributed by atoms with Crippen molar-refractivity contribution >= 4 is 16.0 Å². The Labute approximate surface area is 170 Å². The van der Waals surface area contributed by atoms with E-state index in [-0.39, 0.29) is 17.8 Å². The molecule has 0 bridgehead atoms. The van der Waals surface area contributed by atoms with Crippen LogP contribution in [0.3, 0.4) is 0 Å². The lowest BCUT2D eigenvalue weighted by Gasteiger charge is -2.11. The van der Waals surface area contributed by atoms with Gasteiger partial charge in [0.05, 0.1) is 18.9 Å². The number of carbonyl (C=O) groups excluding carboxylic acids is 1. The standard InChI is InChI=1S/C19H23FN2O2.CH4O3S/c1-14(19(21)23)22-13-16-6-10-18(11-7-16)24-12-2-3-15-4-8-17(20)9-5-15;1-5(2,3)4/h4-11,14,22H,2-3,12-13H2,1H3,(H2,21,23);1H3,(H,2,3,4). The Morgan fingerprint density at radius 2 is 1.66 bits per heavy atom. The summed E-state index contributed by atoms with van der Waals surface area (Å²) in [6.07, 6.45) is 2.44. The van der Waals surface area contributed by atoms with E-state index in [4.69, 9.17) is 15.0 Å². The summed E-state index contributed by atoms with van der Waals surface area (Å²) in [6.45, 7) is 2.92. The zero-order valence-electron chi connectivity index (χ0n) is 16.5. The van der Waals surface area contributed by atoms with Gasteiger partial charge in [0.1, 0.15) is 11.6 Å². The van der Waals surface area contributed by atoms with Gasteiger partial charge in [0, 0.05) is 6.54 Å². The molecule has 2 rings (SSSR count). The van der Waals surface area contributed by atoms with Gasteiger partial charge < -0.3 is 15.8 Å². The van der Waals surface area contributed by atoms with Crippen LogP contribution in [0.5, 0.6) is 5.75 Å². The highest BCUT2D eigenvalue weighted by molar-refractivity contribution is 7.85. The fourth-order valence-corrected chi connectivity index (χ4v) is 2.19. The number of aryl methyl sites for hydroxylation is 1. The van der Waals surface area contributed by atoms with E-state index in [0.717, 1.165) is 29.7 Å². The molecular formula is C20H27FN2O5S. The molecule has 7 nitrogen and oxygen atoms in total. The van der Waals surface area contributed by atoms with Gasteiger partial charge in [-0.05, 0) is 55.2 Å². The van der Waals surface area contributed by atoms with E-state index >= 15 is 0 Å².